The molecule has 28 heavy (non-hydrogen) atoms. The molecule has 0 atom stereocenters. The normalized spacial score (nSPS) is 14.6. The second-order valence-electron chi connectivity index (χ2n) is 7.12. The van der Waals surface area contributed by atoms with Gasteiger partial charge in [-0.3, -0.25) is 9.69 Å². The van der Waals surface area contributed by atoms with Crippen LogP contribution in [0.2, 0.25) is 0 Å². The summed E-state index contributed by atoms with van der Waals surface area (Å²) in [5.41, 5.74) is 3.09. The predicted octanol–water partition coefficient (Wildman–Crippen LogP) is 2.01. The van der Waals surface area contributed by atoms with E-state index in [4.69, 9.17) is 4.74 Å². The van der Waals surface area contributed by atoms with Crippen molar-refractivity contribution >= 4 is 11.6 Å². The van der Waals surface area contributed by atoms with Crippen LogP contribution in [0.5, 0.6) is 5.75 Å². The third-order valence-corrected chi connectivity index (χ3v) is 4.75. The summed E-state index contributed by atoms with van der Waals surface area (Å²) < 4.78 is 5.65. The zero-order valence-electron chi connectivity index (χ0n) is 16.5. The van der Waals surface area contributed by atoms with Gasteiger partial charge < -0.3 is 20.7 Å². The van der Waals surface area contributed by atoms with E-state index >= 15 is 0 Å². The van der Waals surface area contributed by atoms with Gasteiger partial charge in [0, 0.05) is 51.5 Å². The fourth-order valence-electron chi connectivity index (χ4n) is 3.13. The van der Waals surface area contributed by atoms with Crippen molar-refractivity contribution in [2.45, 2.75) is 13.5 Å². The van der Waals surface area contributed by atoms with Gasteiger partial charge in [-0.2, -0.15) is 0 Å². The third kappa shape index (κ3) is 6.96. The summed E-state index contributed by atoms with van der Waals surface area (Å²) in [6.07, 6.45) is 0. The molecule has 0 saturated carbocycles. The molecule has 3 N–H and O–H groups in total. The van der Waals surface area contributed by atoms with Crippen LogP contribution in [0.15, 0.2) is 48.5 Å². The minimum absolute atomic E-state index is 0.00620. The van der Waals surface area contributed by atoms with Crippen LogP contribution in [-0.4, -0.2) is 56.7 Å². The van der Waals surface area contributed by atoms with Crippen LogP contribution in [0.25, 0.3) is 0 Å². The van der Waals surface area contributed by atoms with E-state index in [-0.39, 0.29) is 12.5 Å². The van der Waals surface area contributed by atoms with E-state index in [0.717, 1.165) is 62.6 Å². The standard InChI is InChI=1S/C22H30N4O2/c1-18-5-7-20(8-6-18)25-22(27)17-28-21-4-2-3-19(15-21)16-24-11-14-26-12-9-23-10-13-26/h2-8,15,23-24H,9-14,16-17H2,1H3,(H,25,27). The summed E-state index contributed by atoms with van der Waals surface area (Å²) in [5.74, 6) is 0.545. The fraction of sp³-hybridized carbons (Fsp3) is 0.409. The van der Waals surface area contributed by atoms with Crippen molar-refractivity contribution in [3.05, 3.63) is 59.7 Å². The molecule has 1 aliphatic rings. The molecular weight excluding hydrogens is 352 g/mol. The van der Waals surface area contributed by atoms with E-state index in [1.807, 2.05) is 49.4 Å². The minimum Gasteiger partial charge on any atom is -0.484 e. The number of nitrogens with one attached hydrogen (secondary N) is 3. The van der Waals surface area contributed by atoms with E-state index in [1.165, 1.54) is 0 Å². The first-order valence-corrected chi connectivity index (χ1v) is 9.91. The maximum Gasteiger partial charge on any atom is 0.262 e. The van der Waals surface area contributed by atoms with Gasteiger partial charge in [-0.05, 0) is 36.8 Å². The van der Waals surface area contributed by atoms with Gasteiger partial charge in [0.1, 0.15) is 5.75 Å². The number of piperazine rings is 1. The molecule has 0 unspecified atom stereocenters. The number of hydrogen-bond acceptors (Lipinski definition) is 5. The lowest BCUT2D eigenvalue weighted by molar-refractivity contribution is -0.118. The van der Waals surface area contributed by atoms with E-state index < -0.39 is 0 Å². The number of aryl methyl sites for hydroxylation is 1. The first-order valence-electron chi connectivity index (χ1n) is 9.91. The highest BCUT2D eigenvalue weighted by atomic mass is 16.5. The smallest absolute Gasteiger partial charge is 0.262 e. The molecular formula is C22H30N4O2. The topological polar surface area (TPSA) is 65.6 Å². The van der Waals surface area contributed by atoms with E-state index in [1.54, 1.807) is 0 Å². The first-order chi connectivity index (χ1) is 13.7. The Morgan fingerprint density at radius 2 is 1.93 bits per heavy atom. The van der Waals surface area contributed by atoms with Crippen LogP contribution in [0.1, 0.15) is 11.1 Å². The van der Waals surface area contributed by atoms with E-state index in [9.17, 15) is 4.79 Å². The van der Waals surface area contributed by atoms with Gasteiger partial charge in [0.15, 0.2) is 6.61 Å². The fourth-order valence-corrected chi connectivity index (χ4v) is 3.13. The van der Waals surface area contributed by atoms with Gasteiger partial charge in [-0.25, -0.2) is 0 Å². The number of benzene rings is 2. The van der Waals surface area contributed by atoms with Gasteiger partial charge in [0.2, 0.25) is 0 Å². The lowest BCUT2D eigenvalue weighted by Crippen LogP contribution is -2.45. The highest BCUT2D eigenvalue weighted by Gasteiger charge is 2.08. The highest BCUT2D eigenvalue weighted by molar-refractivity contribution is 5.91. The molecule has 0 bridgehead atoms. The van der Waals surface area contributed by atoms with Gasteiger partial charge >= 0.3 is 0 Å². The SMILES string of the molecule is Cc1ccc(NC(=O)COc2cccc(CNCCN3CCNCC3)c2)cc1. The van der Waals surface area contributed by atoms with E-state index in [2.05, 4.69) is 26.9 Å². The second kappa shape index (κ2) is 10.8. The summed E-state index contributed by atoms with van der Waals surface area (Å²) >= 11 is 0. The highest BCUT2D eigenvalue weighted by Crippen LogP contribution is 2.14. The molecule has 0 aromatic heterocycles. The van der Waals surface area contributed by atoms with Crippen molar-refractivity contribution in [3.63, 3.8) is 0 Å². The predicted molar refractivity (Wildman–Crippen MR) is 113 cm³/mol. The Balaban J connectivity index is 1.37. The monoisotopic (exact) mass is 382 g/mol. The van der Waals surface area contributed by atoms with Crippen LogP contribution in [0.4, 0.5) is 5.69 Å². The molecule has 0 spiro atoms. The average Bonchev–Trinajstić information content (AvgIpc) is 2.73. The second-order valence-corrected chi connectivity index (χ2v) is 7.12. The molecule has 150 valence electrons. The van der Waals surface area contributed by atoms with Crippen molar-refractivity contribution in [3.8, 4) is 5.75 Å². The molecule has 1 saturated heterocycles. The lowest BCUT2D eigenvalue weighted by atomic mass is 10.2. The van der Waals surface area contributed by atoms with Gasteiger partial charge in [0.05, 0.1) is 0 Å². The van der Waals surface area contributed by atoms with Crippen LogP contribution in [0.3, 0.4) is 0 Å². The Hall–Kier alpha value is -2.41. The average molecular weight is 383 g/mol. The van der Waals surface area contributed by atoms with E-state index in [0.29, 0.717) is 5.75 Å². The molecule has 2 aromatic rings. The van der Waals surface area contributed by atoms with Gasteiger partial charge in [0.25, 0.3) is 5.91 Å². The maximum absolute atomic E-state index is 12.1. The summed E-state index contributed by atoms with van der Waals surface area (Å²) in [4.78, 5) is 14.5. The van der Waals surface area contributed by atoms with Crippen LogP contribution in [-0.2, 0) is 11.3 Å². The quantitative estimate of drug-likeness (QED) is 0.579. The summed E-state index contributed by atoms with van der Waals surface area (Å²) in [6, 6.07) is 15.6. The van der Waals surface area contributed by atoms with Crippen LogP contribution >= 0.6 is 0 Å². The largest absolute Gasteiger partial charge is 0.484 e. The van der Waals surface area contributed by atoms with Gasteiger partial charge in [-0.15, -0.1) is 0 Å². The van der Waals surface area contributed by atoms with Crippen molar-refractivity contribution in [2.75, 3.05) is 51.2 Å². The number of ether oxygens (including phenoxy) is 1. The summed E-state index contributed by atoms with van der Waals surface area (Å²) in [7, 11) is 0. The molecule has 0 aliphatic carbocycles. The Bertz CT molecular complexity index is 742. The number of carbonyl (C=O) groups excluding carboxylic acids is 1. The Morgan fingerprint density at radius 3 is 2.71 bits per heavy atom. The first kappa shape index (κ1) is 20.3. The lowest BCUT2D eigenvalue weighted by Gasteiger charge is -2.27. The van der Waals surface area contributed by atoms with Crippen LogP contribution in [0, 0.1) is 6.92 Å². The zero-order chi connectivity index (χ0) is 19.6. The number of amides is 1. The van der Waals surface area contributed by atoms with Gasteiger partial charge in [-0.1, -0.05) is 29.8 Å². The van der Waals surface area contributed by atoms with Crippen molar-refractivity contribution in [1.29, 1.82) is 0 Å². The molecule has 1 heterocycles. The molecule has 1 amide bonds. The number of anilines is 1. The molecule has 6 heteroatoms. The number of nitrogens with zero attached hydrogens (tertiary/aromatic N) is 1. The van der Waals surface area contributed by atoms with Crippen LogP contribution < -0.4 is 20.7 Å². The Morgan fingerprint density at radius 1 is 1.14 bits per heavy atom. The third-order valence-electron chi connectivity index (χ3n) is 4.75. The number of carbonyl (C=O) groups is 1. The minimum atomic E-state index is -0.164. The molecule has 6 nitrogen and oxygen atoms in total. The molecule has 1 aliphatic heterocycles. The molecule has 3 rings (SSSR count). The Kier molecular flexibility index (Phi) is 7.84. The molecule has 1 fully saturated rings. The number of rotatable bonds is 9. The number of hydrogen-bond donors (Lipinski definition) is 3. The van der Waals surface area contributed by atoms with Crippen molar-refractivity contribution in [1.82, 2.24) is 15.5 Å². The zero-order valence-corrected chi connectivity index (χ0v) is 16.5. The molecule has 0 radical (unpaired) electrons. The molecule has 2 aromatic carbocycles. The van der Waals surface area contributed by atoms with Crippen molar-refractivity contribution < 1.29 is 9.53 Å². The Labute approximate surface area is 167 Å². The maximum atomic E-state index is 12.1. The summed E-state index contributed by atoms with van der Waals surface area (Å²) in [6.45, 7) is 9.23. The van der Waals surface area contributed by atoms with Crippen molar-refractivity contribution in [2.24, 2.45) is 0 Å². The summed E-state index contributed by atoms with van der Waals surface area (Å²) in [5, 5.41) is 9.69.